The van der Waals surface area contributed by atoms with E-state index in [0.717, 1.165) is 59.3 Å². The first-order valence-electron chi connectivity index (χ1n) is 10.5. The van der Waals surface area contributed by atoms with Gasteiger partial charge in [-0.1, -0.05) is 0 Å². The van der Waals surface area contributed by atoms with E-state index in [1.54, 1.807) is 12.3 Å². The third-order valence-corrected chi connectivity index (χ3v) is 6.22. The van der Waals surface area contributed by atoms with Crippen LogP contribution in [0, 0.1) is 6.92 Å². The van der Waals surface area contributed by atoms with Gasteiger partial charge in [-0.2, -0.15) is 0 Å². The zero-order valence-electron chi connectivity index (χ0n) is 17.6. The standard InChI is InChI=1S/C24H25N5O2/c1-14-3-4-15(13-26-14)19-12-18(23(25)30)22-21(27-19)17-6-5-16(11-20(17)28-22)29-9-7-24(2,31)8-10-29/h3-6,11-13,28,31H,7-10H2,1-2H3,(H2,25,30). The summed E-state index contributed by atoms with van der Waals surface area (Å²) in [7, 11) is 0. The molecule has 4 N–H and O–H groups in total. The molecule has 0 atom stereocenters. The highest BCUT2D eigenvalue weighted by molar-refractivity contribution is 6.14. The molecule has 1 fully saturated rings. The number of nitrogens with zero attached hydrogens (tertiary/aromatic N) is 3. The lowest BCUT2D eigenvalue weighted by Crippen LogP contribution is -2.42. The number of carbonyl (C=O) groups is 1. The molecule has 4 aromatic rings. The third kappa shape index (κ3) is 3.51. The Kier molecular flexibility index (Phi) is 4.44. The fourth-order valence-corrected chi connectivity index (χ4v) is 4.25. The molecule has 0 saturated carbocycles. The van der Waals surface area contributed by atoms with Crippen molar-refractivity contribution < 1.29 is 9.90 Å². The molecule has 4 heterocycles. The van der Waals surface area contributed by atoms with Crippen molar-refractivity contribution in [2.75, 3.05) is 18.0 Å². The van der Waals surface area contributed by atoms with E-state index in [-0.39, 0.29) is 0 Å². The van der Waals surface area contributed by atoms with Crippen LogP contribution in [0.2, 0.25) is 0 Å². The number of anilines is 1. The van der Waals surface area contributed by atoms with E-state index in [0.29, 0.717) is 16.8 Å². The number of primary amides is 1. The van der Waals surface area contributed by atoms with Crippen molar-refractivity contribution in [3.63, 3.8) is 0 Å². The predicted octanol–water partition coefficient (Wildman–Crippen LogP) is 3.54. The number of nitrogens with two attached hydrogens (primary N) is 1. The Balaban J connectivity index is 1.63. The highest BCUT2D eigenvalue weighted by atomic mass is 16.3. The van der Waals surface area contributed by atoms with Crippen LogP contribution in [0.3, 0.4) is 0 Å². The van der Waals surface area contributed by atoms with Crippen molar-refractivity contribution in [1.82, 2.24) is 15.0 Å². The second-order valence-corrected chi connectivity index (χ2v) is 8.67. The van der Waals surface area contributed by atoms with Crippen molar-refractivity contribution in [2.24, 2.45) is 5.73 Å². The predicted molar refractivity (Wildman–Crippen MR) is 122 cm³/mol. The van der Waals surface area contributed by atoms with Gasteiger partial charge in [-0.15, -0.1) is 0 Å². The molecule has 0 radical (unpaired) electrons. The van der Waals surface area contributed by atoms with E-state index >= 15 is 0 Å². The summed E-state index contributed by atoms with van der Waals surface area (Å²) in [4.78, 5) is 27.0. The lowest BCUT2D eigenvalue weighted by molar-refractivity contribution is 0.0351. The van der Waals surface area contributed by atoms with Crippen molar-refractivity contribution in [3.05, 3.63) is 53.9 Å². The number of aliphatic hydroxyl groups is 1. The SMILES string of the molecule is Cc1ccc(-c2cc(C(N)=O)c3[nH]c4cc(N5CCC(C)(O)CC5)ccc4c3n2)cn1. The van der Waals surface area contributed by atoms with Gasteiger partial charge in [-0.05, 0) is 63.1 Å². The highest BCUT2D eigenvalue weighted by Crippen LogP contribution is 2.33. The number of H-pyrrole nitrogens is 1. The third-order valence-electron chi connectivity index (χ3n) is 6.22. The van der Waals surface area contributed by atoms with Crippen molar-refractivity contribution >= 4 is 33.5 Å². The molecular formula is C24H25N5O2. The number of nitrogens with one attached hydrogen (secondary N) is 1. The van der Waals surface area contributed by atoms with Crippen molar-refractivity contribution in [1.29, 1.82) is 0 Å². The maximum atomic E-state index is 12.2. The molecule has 158 valence electrons. The molecule has 0 bridgehead atoms. The Hall–Kier alpha value is -3.45. The molecule has 0 spiro atoms. The monoisotopic (exact) mass is 415 g/mol. The van der Waals surface area contributed by atoms with Gasteiger partial charge in [0.2, 0.25) is 0 Å². The van der Waals surface area contributed by atoms with Crippen LogP contribution in [-0.4, -0.2) is 44.7 Å². The molecule has 0 aliphatic carbocycles. The molecule has 1 saturated heterocycles. The van der Waals surface area contributed by atoms with E-state index in [1.807, 2.05) is 32.0 Å². The molecule has 1 aliphatic rings. The van der Waals surface area contributed by atoms with Crippen LogP contribution in [0.1, 0.15) is 35.8 Å². The van der Waals surface area contributed by atoms with E-state index in [4.69, 9.17) is 10.7 Å². The van der Waals surface area contributed by atoms with Gasteiger partial charge in [0.05, 0.1) is 33.4 Å². The fourth-order valence-electron chi connectivity index (χ4n) is 4.25. The lowest BCUT2D eigenvalue weighted by Gasteiger charge is -2.37. The van der Waals surface area contributed by atoms with Crippen molar-refractivity contribution in [3.8, 4) is 11.3 Å². The van der Waals surface area contributed by atoms with Crippen molar-refractivity contribution in [2.45, 2.75) is 32.3 Å². The molecule has 1 amide bonds. The minimum atomic E-state index is -0.594. The Morgan fingerprint density at radius 2 is 1.97 bits per heavy atom. The van der Waals surface area contributed by atoms with Crippen LogP contribution in [0.15, 0.2) is 42.6 Å². The number of pyridine rings is 2. The van der Waals surface area contributed by atoms with Crippen LogP contribution >= 0.6 is 0 Å². The molecule has 31 heavy (non-hydrogen) atoms. The van der Waals surface area contributed by atoms with Gasteiger partial charge in [0.15, 0.2) is 0 Å². The Morgan fingerprint density at radius 1 is 1.19 bits per heavy atom. The molecule has 7 nitrogen and oxygen atoms in total. The number of piperidine rings is 1. The fraction of sp³-hybridized carbons (Fsp3) is 0.292. The molecule has 1 aromatic carbocycles. The van der Waals surface area contributed by atoms with E-state index in [2.05, 4.69) is 27.0 Å². The Morgan fingerprint density at radius 3 is 2.65 bits per heavy atom. The van der Waals surface area contributed by atoms with E-state index in [9.17, 15) is 9.90 Å². The normalized spacial score (nSPS) is 16.2. The van der Waals surface area contributed by atoms with Gasteiger partial charge in [-0.25, -0.2) is 4.98 Å². The zero-order chi connectivity index (χ0) is 21.8. The number of amides is 1. The number of aryl methyl sites for hydroxylation is 1. The number of carbonyl (C=O) groups excluding carboxylic acids is 1. The van der Waals surface area contributed by atoms with Gasteiger partial charge in [-0.3, -0.25) is 9.78 Å². The summed E-state index contributed by atoms with van der Waals surface area (Å²) in [6.07, 6.45) is 3.23. The molecule has 5 rings (SSSR count). The van der Waals surface area contributed by atoms with Crippen LogP contribution in [0.4, 0.5) is 5.69 Å². The summed E-state index contributed by atoms with van der Waals surface area (Å²) in [6, 6.07) is 11.8. The second-order valence-electron chi connectivity index (χ2n) is 8.67. The highest BCUT2D eigenvalue weighted by Gasteiger charge is 2.27. The zero-order valence-corrected chi connectivity index (χ0v) is 17.6. The van der Waals surface area contributed by atoms with E-state index in [1.165, 1.54) is 0 Å². The largest absolute Gasteiger partial charge is 0.390 e. The summed E-state index contributed by atoms with van der Waals surface area (Å²) in [6.45, 7) is 5.42. The average molecular weight is 415 g/mol. The van der Waals surface area contributed by atoms with Crippen LogP contribution < -0.4 is 10.6 Å². The van der Waals surface area contributed by atoms with Gasteiger partial charge in [0.1, 0.15) is 0 Å². The summed E-state index contributed by atoms with van der Waals surface area (Å²) in [5.74, 6) is -0.501. The summed E-state index contributed by atoms with van der Waals surface area (Å²) in [5, 5.41) is 11.2. The number of benzene rings is 1. The molecule has 0 unspecified atom stereocenters. The van der Waals surface area contributed by atoms with Gasteiger partial charge < -0.3 is 20.7 Å². The number of aromatic amines is 1. The summed E-state index contributed by atoms with van der Waals surface area (Å²) >= 11 is 0. The number of hydrogen-bond acceptors (Lipinski definition) is 5. The lowest BCUT2D eigenvalue weighted by atomic mass is 9.93. The summed E-state index contributed by atoms with van der Waals surface area (Å²) in [5.41, 5.74) is 11.3. The van der Waals surface area contributed by atoms with Gasteiger partial charge in [0.25, 0.3) is 5.91 Å². The van der Waals surface area contributed by atoms with Gasteiger partial charge >= 0.3 is 0 Å². The van der Waals surface area contributed by atoms with Crippen LogP contribution in [0.5, 0.6) is 0 Å². The van der Waals surface area contributed by atoms with Crippen LogP contribution in [-0.2, 0) is 0 Å². The molecule has 1 aliphatic heterocycles. The molecule has 7 heteroatoms. The Labute approximate surface area is 179 Å². The minimum absolute atomic E-state index is 0.410. The smallest absolute Gasteiger partial charge is 0.250 e. The summed E-state index contributed by atoms with van der Waals surface area (Å²) < 4.78 is 0. The molecule has 3 aromatic heterocycles. The topological polar surface area (TPSA) is 108 Å². The molecular weight excluding hydrogens is 390 g/mol. The Bertz CT molecular complexity index is 1300. The quantitative estimate of drug-likeness (QED) is 0.474. The van der Waals surface area contributed by atoms with Gasteiger partial charge in [0, 0.05) is 41.6 Å². The first-order valence-corrected chi connectivity index (χ1v) is 10.5. The first-order chi connectivity index (χ1) is 14.8. The maximum absolute atomic E-state index is 12.2. The average Bonchev–Trinajstić information content (AvgIpc) is 3.11. The number of hydrogen-bond donors (Lipinski definition) is 3. The first kappa shape index (κ1) is 19.5. The number of rotatable bonds is 3. The second kappa shape index (κ2) is 7.06. The number of aromatic nitrogens is 3. The van der Waals surface area contributed by atoms with E-state index < -0.39 is 11.5 Å². The minimum Gasteiger partial charge on any atom is -0.390 e. The maximum Gasteiger partial charge on any atom is 0.250 e. The van der Waals surface area contributed by atoms with Crippen LogP contribution in [0.25, 0.3) is 33.2 Å². The number of fused-ring (bicyclic) bond motifs is 3.